The van der Waals surface area contributed by atoms with Gasteiger partial charge in [-0.2, -0.15) is 12.6 Å². The van der Waals surface area contributed by atoms with Crippen LogP contribution in [0.3, 0.4) is 0 Å². The summed E-state index contributed by atoms with van der Waals surface area (Å²) in [6, 6.07) is 7.50. The number of carbonyl (C=O) groups is 3. The van der Waals surface area contributed by atoms with Crippen molar-refractivity contribution in [1.29, 1.82) is 0 Å². The van der Waals surface area contributed by atoms with Crippen molar-refractivity contribution in [2.24, 2.45) is 0 Å². The minimum atomic E-state index is -0.908. The van der Waals surface area contributed by atoms with E-state index in [0.29, 0.717) is 12.2 Å². The van der Waals surface area contributed by atoms with Crippen LogP contribution in [0.1, 0.15) is 32.8 Å². The molecule has 1 aromatic carbocycles. The molecular weight excluding hydrogens is 368 g/mol. The van der Waals surface area contributed by atoms with Crippen molar-refractivity contribution in [2.75, 3.05) is 12.9 Å². The number of amides is 2. The van der Waals surface area contributed by atoms with Crippen LogP contribution in [0.25, 0.3) is 0 Å². The van der Waals surface area contributed by atoms with Gasteiger partial charge in [-0.3, -0.25) is 4.79 Å². The third-order valence-corrected chi connectivity index (χ3v) is 3.77. The molecule has 0 bridgehead atoms. The summed E-state index contributed by atoms with van der Waals surface area (Å²) in [7, 11) is 1.25. The summed E-state index contributed by atoms with van der Waals surface area (Å²) in [6.07, 6.45) is -0.144. The third kappa shape index (κ3) is 8.81. The van der Waals surface area contributed by atoms with Crippen LogP contribution in [-0.4, -0.2) is 48.5 Å². The molecule has 0 saturated heterocycles. The van der Waals surface area contributed by atoms with E-state index < -0.39 is 35.7 Å². The maximum Gasteiger partial charge on any atom is 0.408 e. The highest BCUT2D eigenvalue weighted by Crippen LogP contribution is 2.09. The molecule has 0 radical (unpaired) electrons. The quantitative estimate of drug-likeness (QED) is 0.462. The Balaban J connectivity index is 2.92. The molecule has 0 unspecified atom stereocenters. The highest BCUT2D eigenvalue weighted by Gasteiger charge is 2.28. The van der Waals surface area contributed by atoms with E-state index in [-0.39, 0.29) is 6.42 Å². The van der Waals surface area contributed by atoms with Gasteiger partial charge in [0.15, 0.2) is 0 Å². The van der Waals surface area contributed by atoms with Crippen LogP contribution in [0.2, 0.25) is 0 Å². The Morgan fingerprint density at radius 2 is 1.70 bits per heavy atom. The first-order valence-electron chi connectivity index (χ1n) is 8.68. The average Bonchev–Trinajstić information content (AvgIpc) is 2.59. The smallest absolute Gasteiger partial charge is 0.408 e. The Labute approximate surface area is 165 Å². The number of alkyl carbamates (subject to hydrolysis) is 1. The molecule has 0 heterocycles. The normalized spacial score (nSPS) is 13.2. The van der Waals surface area contributed by atoms with Gasteiger partial charge in [0.2, 0.25) is 5.91 Å². The van der Waals surface area contributed by atoms with Crippen molar-refractivity contribution in [1.82, 2.24) is 10.6 Å². The summed E-state index contributed by atoms with van der Waals surface area (Å²) < 4.78 is 9.95. The van der Waals surface area contributed by atoms with E-state index >= 15 is 0 Å². The highest BCUT2D eigenvalue weighted by atomic mass is 32.1. The molecule has 2 N–H and O–H groups in total. The lowest BCUT2D eigenvalue weighted by atomic mass is 10.0. The molecule has 0 aromatic heterocycles. The summed E-state index contributed by atoms with van der Waals surface area (Å²) in [5, 5.41) is 5.21. The molecule has 0 aliphatic heterocycles. The minimum Gasteiger partial charge on any atom is -0.467 e. The van der Waals surface area contributed by atoms with Gasteiger partial charge in [-0.25, -0.2) is 9.59 Å². The molecule has 27 heavy (non-hydrogen) atoms. The molecule has 0 spiro atoms. The zero-order valence-electron chi connectivity index (χ0n) is 16.2. The van der Waals surface area contributed by atoms with Gasteiger partial charge in [0.1, 0.15) is 17.7 Å². The minimum absolute atomic E-state index is 0.251. The lowest BCUT2D eigenvalue weighted by Gasteiger charge is -2.24. The molecule has 1 aromatic rings. The Hall–Kier alpha value is -2.22. The molecule has 0 aliphatic rings. The van der Waals surface area contributed by atoms with E-state index in [9.17, 15) is 14.4 Å². The summed E-state index contributed by atoms with van der Waals surface area (Å²) in [5.74, 6) is -0.668. The van der Waals surface area contributed by atoms with Crippen LogP contribution in [0.4, 0.5) is 4.79 Å². The fourth-order valence-corrected chi connectivity index (χ4v) is 2.56. The molecule has 0 fully saturated rings. The Morgan fingerprint density at radius 3 is 2.22 bits per heavy atom. The van der Waals surface area contributed by atoms with Gasteiger partial charge in [-0.1, -0.05) is 30.3 Å². The van der Waals surface area contributed by atoms with E-state index in [4.69, 9.17) is 9.47 Å². The molecule has 8 heteroatoms. The van der Waals surface area contributed by atoms with Gasteiger partial charge >= 0.3 is 12.1 Å². The second kappa shape index (κ2) is 10.8. The summed E-state index contributed by atoms with van der Waals surface area (Å²) in [5.41, 5.74) is 0.163. The fraction of sp³-hybridized carbons (Fsp3) is 0.526. The van der Waals surface area contributed by atoms with E-state index in [0.717, 1.165) is 5.56 Å². The van der Waals surface area contributed by atoms with Crippen molar-refractivity contribution in [3.8, 4) is 0 Å². The highest BCUT2D eigenvalue weighted by molar-refractivity contribution is 7.80. The maximum absolute atomic E-state index is 12.7. The van der Waals surface area contributed by atoms with Crippen molar-refractivity contribution < 1.29 is 23.9 Å². The number of esters is 1. The number of rotatable bonds is 8. The summed E-state index contributed by atoms with van der Waals surface area (Å²) >= 11 is 4.10. The first-order chi connectivity index (χ1) is 12.7. The predicted octanol–water partition coefficient (Wildman–Crippen LogP) is 2.10. The first kappa shape index (κ1) is 22.8. The number of nitrogens with one attached hydrogen (secondary N) is 2. The SMILES string of the molecule is COC(=O)[C@@H](CCS)NC(=O)[C@@H](Cc1ccccc1)NC(=O)OC(C)(C)C. The van der Waals surface area contributed by atoms with Crippen LogP contribution in [0.15, 0.2) is 30.3 Å². The van der Waals surface area contributed by atoms with Crippen LogP contribution >= 0.6 is 12.6 Å². The molecule has 2 amide bonds. The van der Waals surface area contributed by atoms with Crippen molar-refractivity contribution in [3.05, 3.63) is 35.9 Å². The van der Waals surface area contributed by atoms with Crippen LogP contribution in [-0.2, 0) is 25.5 Å². The Kier molecular flexibility index (Phi) is 9.14. The van der Waals surface area contributed by atoms with E-state index in [1.165, 1.54) is 7.11 Å². The molecule has 1 rings (SSSR count). The third-order valence-electron chi connectivity index (χ3n) is 3.51. The topological polar surface area (TPSA) is 93.7 Å². The van der Waals surface area contributed by atoms with Gasteiger partial charge in [0, 0.05) is 6.42 Å². The van der Waals surface area contributed by atoms with Gasteiger partial charge in [0.05, 0.1) is 7.11 Å². The lowest BCUT2D eigenvalue weighted by Crippen LogP contribution is -2.53. The number of thiol groups is 1. The zero-order chi connectivity index (χ0) is 20.4. The van der Waals surface area contributed by atoms with Gasteiger partial charge in [0.25, 0.3) is 0 Å². The Morgan fingerprint density at radius 1 is 1.07 bits per heavy atom. The van der Waals surface area contributed by atoms with E-state index in [2.05, 4.69) is 23.3 Å². The molecule has 0 saturated carbocycles. The Bertz CT molecular complexity index is 631. The lowest BCUT2D eigenvalue weighted by molar-refractivity contribution is -0.145. The number of hydrogen-bond acceptors (Lipinski definition) is 6. The van der Waals surface area contributed by atoms with Gasteiger partial charge in [-0.05, 0) is 38.5 Å². The van der Waals surface area contributed by atoms with Crippen LogP contribution in [0, 0.1) is 0 Å². The fourth-order valence-electron chi connectivity index (χ4n) is 2.30. The summed E-state index contributed by atoms with van der Waals surface area (Å²) in [6.45, 7) is 5.20. The maximum atomic E-state index is 12.7. The van der Waals surface area contributed by atoms with E-state index in [1.807, 2.05) is 30.3 Å². The van der Waals surface area contributed by atoms with E-state index in [1.54, 1.807) is 20.8 Å². The van der Waals surface area contributed by atoms with Crippen LogP contribution < -0.4 is 10.6 Å². The number of ether oxygens (including phenoxy) is 2. The second-order valence-electron chi connectivity index (χ2n) is 6.99. The molecular formula is C19H28N2O5S. The zero-order valence-corrected chi connectivity index (χ0v) is 17.0. The largest absolute Gasteiger partial charge is 0.467 e. The molecule has 0 aliphatic carbocycles. The molecule has 7 nitrogen and oxygen atoms in total. The van der Waals surface area contributed by atoms with Crippen LogP contribution in [0.5, 0.6) is 0 Å². The molecule has 150 valence electrons. The van der Waals surface area contributed by atoms with Gasteiger partial charge < -0.3 is 20.1 Å². The second-order valence-corrected chi connectivity index (χ2v) is 7.43. The number of benzene rings is 1. The molecule has 2 atom stereocenters. The standard InChI is InChI=1S/C19H28N2O5S/c1-19(2,3)26-18(24)21-15(12-13-8-6-5-7-9-13)16(22)20-14(10-11-27)17(23)25-4/h5-9,14-15,27H,10-12H2,1-4H3,(H,20,22)(H,21,24)/t14-,15-/m1/s1. The average molecular weight is 397 g/mol. The monoisotopic (exact) mass is 396 g/mol. The summed E-state index contributed by atoms with van der Waals surface area (Å²) in [4.78, 5) is 36.7. The van der Waals surface area contributed by atoms with Gasteiger partial charge in [-0.15, -0.1) is 0 Å². The van der Waals surface area contributed by atoms with Crippen molar-refractivity contribution in [2.45, 2.75) is 51.3 Å². The number of carbonyl (C=O) groups excluding carboxylic acids is 3. The number of methoxy groups -OCH3 is 1. The first-order valence-corrected chi connectivity index (χ1v) is 9.32. The number of hydrogen-bond donors (Lipinski definition) is 3. The predicted molar refractivity (Wildman–Crippen MR) is 106 cm³/mol. The van der Waals surface area contributed by atoms with Crippen molar-refractivity contribution in [3.63, 3.8) is 0 Å². The van der Waals surface area contributed by atoms with Crippen molar-refractivity contribution >= 4 is 30.6 Å².